The molecule has 2 nitrogen and oxygen atoms in total. The van der Waals surface area contributed by atoms with Gasteiger partial charge in [-0.3, -0.25) is 0 Å². The highest BCUT2D eigenvalue weighted by Gasteiger charge is 2.59. The number of ether oxygens (including phenoxy) is 1. The molecule has 0 spiro atoms. The van der Waals surface area contributed by atoms with Crippen LogP contribution >= 0.6 is 11.6 Å². The van der Waals surface area contributed by atoms with Crippen molar-refractivity contribution >= 4 is 11.6 Å². The average Bonchev–Trinajstić information content (AvgIpc) is 3.13. The van der Waals surface area contributed by atoms with E-state index in [0.29, 0.717) is 5.75 Å². The SMILES string of the molecule is CC1(C)[C@H](C=CCl)[C@H]1C(C#N)c1ccc(F)c(Oc2ccccc2)c1. The molecule has 1 fully saturated rings. The smallest absolute Gasteiger partial charge is 0.165 e. The van der Waals surface area contributed by atoms with E-state index < -0.39 is 5.82 Å². The summed E-state index contributed by atoms with van der Waals surface area (Å²) in [6.07, 6.45) is 1.93. The Hall–Kier alpha value is -2.31. The average molecular weight is 356 g/mol. The van der Waals surface area contributed by atoms with Crippen LogP contribution in [0.4, 0.5) is 4.39 Å². The molecule has 3 rings (SSSR count). The number of rotatable bonds is 5. The Kier molecular flexibility index (Phi) is 4.83. The molecule has 0 saturated heterocycles. The molecule has 4 heteroatoms. The Labute approximate surface area is 152 Å². The van der Waals surface area contributed by atoms with Gasteiger partial charge in [0.2, 0.25) is 0 Å². The quantitative estimate of drug-likeness (QED) is 0.635. The van der Waals surface area contributed by atoms with Crippen molar-refractivity contribution in [2.75, 3.05) is 0 Å². The molecule has 2 aromatic rings. The van der Waals surface area contributed by atoms with Crippen molar-refractivity contribution in [2.24, 2.45) is 17.3 Å². The number of halogens is 2. The monoisotopic (exact) mass is 355 g/mol. The first-order valence-corrected chi connectivity index (χ1v) is 8.61. The highest BCUT2D eigenvalue weighted by molar-refractivity contribution is 6.25. The largest absolute Gasteiger partial charge is 0.454 e. The molecule has 0 N–H and O–H groups in total. The van der Waals surface area contributed by atoms with E-state index >= 15 is 0 Å². The summed E-state index contributed by atoms with van der Waals surface area (Å²) in [5, 5.41) is 9.72. The molecule has 0 aliphatic heterocycles. The molecule has 128 valence electrons. The Morgan fingerprint density at radius 3 is 2.60 bits per heavy atom. The molecular weight excluding hydrogens is 337 g/mol. The third-order valence-electron chi connectivity index (χ3n) is 5.06. The zero-order valence-corrected chi connectivity index (χ0v) is 14.9. The summed E-state index contributed by atoms with van der Waals surface area (Å²) >= 11 is 5.73. The Morgan fingerprint density at radius 1 is 1.24 bits per heavy atom. The fraction of sp³-hybridized carbons (Fsp3) is 0.286. The fourth-order valence-corrected chi connectivity index (χ4v) is 3.73. The van der Waals surface area contributed by atoms with Gasteiger partial charge in [0.1, 0.15) is 5.75 Å². The van der Waals surface area contributed by atoms with E-state index in [1.165, 1.54) is 11.6 Å². The van der Waals surface area contributed by atoms with Gasteiger partial charge in [-0.2, -0.15) is 5.26 Å². The fourth-order valence-electron chi connectivity index (χ4n) is 3.57. The summed E-state index contributed by atoms with van der Waals surface area (Å²) in [4.78, 5) is 0. The van der Waals surface area contributed by atoms with E-state index in [0.717, 1.165) is 5.56 Å². The van der Waals surface area contributed by atoms with Gasteiger partial charge in [-0.05, 0) is 47.1 Å². The van der Waals surface area contributed by atoms with Crippen LogP contribution in [-0.4, -0.2) is 0 Å². The van der Waals surface area contributed by atoms with Gasteiger partial charge in [-0.15, -0.1) is 0 Å². The molecule has 1 saturated carbocycles. The number of benzene rings is 2. The van der Waals surface area contributed by atoms with E-state index in [1.807, 2.05) is 24.3 Å². The zero-order valence-electron chi connectivity index (χ0n) is 14.1. The normalized spacial score (nSPS) is 22.4. The highest BCUT2D eigenvalue weighted by atomic mass is 35.5. The third-order valence-corrected chi connectivity index (χ3v) is 5.21. The van der Waals surface area contributed by atoms with Crippen LogP contribution < -0.4 is 4.74 Å². The molecule has 2 aromatic carbocycles. The lowest BCUT2D eigenvalue weighted by Crippen LogP contribution is -2.04. The number of nitrogens with zero attached hydrogens (tertiary/aromatic N) is 1. The second-order valence-corrected chi connectivity index (χ2v) is 7.16. The van der Waals surface area contributed by atoms with Crippen molar-refractivity contribution in [1.29, 1.82) is 5.26 Å². The van der Waals surface area contributed by atoms with Crippen molar-refractivity contribution in [3.63, 3.8) is 0 Å². The van der Waals surface area contributed by atoms with Gasteiger partial charge in [-0.25, -0.2) is 4.39 Å². The number of para-hydroxylation sites is 1. The predicted molar refractivity (Wildman–Crippen MR) is 97.0 cm³/mol. The predicted octanol–water partition coefficient (Wildman–Crippen LogP) is 6.25. The maximum Gasteiger partial charge on any atom is 0.165 e. The number of hydrogen-bond acceptors (Lipinski definition) is 2. The lowest BCUT2D eigenvalue weighted by molar-refractivity contribution is 0.440. The summed E-state index contributed by atoms with van der Waals surface area (Å²) in [6.45, 7) is 4.24. The van der Waals surface area contributed by atoms with E-state index in [9.17, 15) is 9.65 Å². The molecule has 0 heterocycles. The molecule has 3 atom stereocenters. The van der Waals surface area contributed by atoms with Crippen LogP contribution in [0, 0.1) is 34.4 Å². The first kappa shape index (κ1) is 17.5. The number of allylic oxidation sites excluding steroid dienone is 1. The Morgan fingerprint density at radius 2 is 1.96 bits per heavy atom. The van der Waals surface area contributed by atoms with Crippen LogP contribution in [0.15, 0.2) is 60.1 Å². The van der Waals surface area contributed by atoms with Gasteiger partial charge in [-0.1, -0.05) is 55.8 Å². The summed E-state index contributed by atoms with van der Waals surface area (Å²) in [5.41, 5.74) is 2.26. The zero-order chi connectivity index (χ0) is 18.0. The Bertz CT molecular complexity index is 826. The lowest BCUT2D eigenvalue weighted by atomic mass is 9.91. The summed E-state index contributed by atoms with van der Waals surface area (Å²) in [5.74, 6) is 0.275. The second-order valence-electron chi connectivity index (χ2n) is 6.90. The molecule has 1 aliphatic rings. The summed E-state index contributed by atoms with van der Waals surface area (Å²) < 4.78 is 19.8. The van der Waals surface area contributed by atoms with E-state index in [2.05, 4.69) is 19.9 Å². The van der Waals surface area contributed by atoms with Crippen LogP contribution in [-0.2, 0) is 0 Å². The van der Waals surface area contributed by atoms with Gasteiger partial charge < -0.3 is 4.74 Å². The van der Waals surface area contributed by atoms with Crippen molar-refractivity contribution < 1.29 is 9.13 Å². The maximum absolute atomic E-state index is 14.2. The van der Waals surface area contributed by atoms with Crippen LogP contribution in [0.3, 0.4) is 0 Å². The first-order chi connectivity index (χ1) is 12.0. The molecule has 0 amide bonds. The Balaban J connectivity index is 1.90. The molecule has 0 aromatic heterocycles. The molecule has 0 bridgehead atoms. The molecule has 0 radical (unpaired) electrons. The van der Waals surface area contributed by atoms with Crippen LogP contribution in [0.1, 0.15) is 25.3 Å². The van der Waals surface area contributed by atoms with Crippen LogP contribution in [0.25, 0.3) is 0 Å². The van der Waals surface area contributed by atoms with Gasteiger partial charge in [0.25, 0.3) is 0 Å². The minimum atomic E-state index is -0.448. The minimum Gasteiger partial charge on any atom is -0.454 e. The van der Waals surface area contributed by atoms with Gasteiger partial charge in [0, 0.05) is 5.54 Å². The molecule has 1 unspecified atom stereocenters. The summed E-state index contributed by atoms with van der Waals surface area (Å²) in [6, 6.07) is 16.1. The first-order valence-electron chi connectivity index (χ1n) is 8.18. The molecule has 25 heavy (non-hydrogen) atoms. The van der Waals surface area contributed by atoms with Gasteiger partial charge in [0.05, 0.1) is 12.0 Å². The van der Waals surface area contributed by atoms with E-state index in [1.54, 1.807) is 24.3 Å². The van der Waals surface area contributed by atoms with Crippen molar-refractivity contribution in [1.82, 2.24) is 0 Å². The third kappa shape index (κ3) is 3.41. The topological polar surface area (TPSA) is 33.0 Å². The van der Waals surface area contributed by atoms with Crippen molar-refractivity contribution in [3.05, 3.63) is 71.5 Å². The minimum absolute atomic E-state index is 0.0133. The second kappa shape index (κ2) is 6.90. The van der Waals surface area contributed by atoms with Crippen LogP contribution in [0.2, 0.25) is 0 Å². The molecular formula is C21H19ClFNO. The van der Waals surface area contributed by atoms with Crippen LogP contribution in [0.5, 0.6) is 11.5 Å². The number of nitriles is 1. The summed E-state index contributed by atoms with van der Waals surface area (Å²) in [7, 11) is 0. The standard InChI is InChI=1S/C21H19ClFNO/c1-21(2)17(10-11-22)20(21)16(13-24)14-8-9-18(23)19(12-14)25-15-6-4-3-5-7-15/h3-12,16-17,20H,1-2H3/t16?,17-,20-/m1/s1. The lowest BCUT2D eigenvalue weighted by Gasteiger charge is -2.14. The van der Waals surface area contributed by atoms with Crippen molar-refractivity contribution in [3.8, 4) is 17.6 Å². The maximum atomic E-state index is 14.2. The van der Waals surface area contributed by atoms with Gasteiger partial charge >= 0.3 is 0 Å². The van der Waals surface area contributed by atoms with Crippen molar-refractivity contribution in [2.45, 2.75) is 19.8 Å². The highest BCUT2D eigenvalue weighted by Crippen LogP contribution is 2.64. The van der Waals surface area contributed by atoms with E-state index in [-0.39, 0.29) is 28.9 Å². The van der Waals surface area contributed by atoms with E-state index in [4.69, 9.17) is 16.3 Å². The molecule has 1 aliphatic carbocycles. The van der Waals surface area contributed by atoms with Gasteiger partial charge in [0.15, 0.2) is 11.6 Å². The number of hydrogen-bond donors (Lipinski definition) is 0.